The minimum absolute atomic E-state index is 0.0570. The number of carboxylic acid groups (broad SMARTS) is 1. The summed E-state index contributed by atoms with van der Waals surface area (Å²) in [5.41, 5.74) is -0.0570. The van der Waals surface area contributed by atoms with Crippen molar-refractivity contribution in [2.75, 3.05) is 6.61 Å². The average Bonchev–Trinajstić information content (AvgIpc) is 2.40. The van der Waals surface area contributed by atoms with Crippen LogP contribution in [-0.2, 0) is 0 Å². The molecular weight excluding hydrogens is 246 g/mol. The highest BCUT2D eigenvalue weighted by Gasteiger charge is 2.06. The van der Waals surface area contributed by atoms with Crippen LogP contribution < -0.4 is 9.47 Å². The Labute approximate surface area is 110 Å². The number of pyridine rings is 1. The Kier molecular flexibility index (Phi) is 3.97. The Morgan fingerprint density at radius 2 is 1.95 bits per heavy atom. The van der Waals surface area contributed by atoms with Gasteiger partial charge in [0.1, 0.15) is 17.2 Å². The van der Waals surface area contributed by atoms with Gasteiger partial charge in [0.2, 0.25) is 0 Å². The van der Waals surface area contributed by atoms with Gasteiger partial charge < -0.3 is 14.6 Å². The van der Waals surface area contributed by atoms with E-state index in [2.05, 4.69) is 4.98 Å². The molecule has 0 fully saturated rings. The lowest BCUT2D eigenvalue weighted by Crippen LogP contribution is -1.99. The van der Waals surface area contributed by atoms with Crippen molar-refractivity contribution in [3.8, 4) is 17.2 Å². The summed E-state index contributed by atoms with van der Waals surface area (Å²) in [5.74, 6) is 0.607. The van der Waals surface area contributed by atoms with E-state index in [9.17, 15) is 4.79 Å². The van der Waals surface area contributed by atoms with Crippen LogP contribution in [0.25, 0.3) is 0 Å². The second kappa shape index (κ2) is 5.86. The molecule has 0 aliphatic heterocycles. The van der Waals surface area contributed by atoms with Gasteiger partial charge in [-0.2, -0.15) is 0 Å². The van der Waals surface area contributed by atoms with Gasteiger partial charge in [-0.3, -0.25) is 0 Å². The van der Waals surface area contributed by atoms with E-state index in [0.29, 0.717) is 23.9 Å². The van der Waals surface area contributed by atoms with Crippen molar-refractivity contribution in [3.63, 3.8) is 0 Å². The van der Waals surface area contributed by atoms with Gasteiger partial charge in [0.25, 0.3) is 0 Å². The van der Waals surface area contributed by atoms with E-state index >= 15 is 0 Å². The number of hydrogen-bond donors (Lipinski definition) is 1. The molecule has 0 atom stereocenters. The normalized spacial score (nSPS) is 9.95. The number of rotatable bonds is 5. The third-order valence-corrected chi connectivity index (χ3v) is 2.30. The predicted octanol–water partition coefficient (Wildman–Crippen LogP) is 2.97. The number of aromatic carboxylic acids is 1. The fourth-order valence-corrected chi connectivity index (χ4v) is 1.52. The fraction of sp³-hybridized carbons (Fsp3) is 0.143. The molecule has 5 heteroatoms. The maximum Gasteiger partial charge on any atom is 0.354 e. The summed E-state index contributed by atoms with van der Waals surface area (Å²) in [5, 5.41) is 8.85. The van der Waals surface area contributed by atoms with Crippen LogP contribution in [0.2, 0.25) is 0 Å². The van der Waals surface area contributed by atoms with E-state index in [-0.39, 0.29) is 5.69 Å². The van der Waals surface area contributed by atoms with E-state index in [4.69, 9.17) is 14.6 Å². The second-order valence-corrected chi connectivity index (χ2v) is 3.69. The smallest absolute Gasteiger partial charge is 0.354 e. The quantitative estimate of drug-likeness (QED) is 0.893. The summed E-state index contributed by atoms with van der Waals surface area (Å²) < 4.78 is 10.9. The first kappa shape index (κ1) is 12.9. The van der Waals surface area contributed by atoms with Crippen LogP contribution in [0.3, 0.4) is 0 Å². The van der Waals surface area contributed by atoms with Crippen molar-refractivity contribution < 1.29 is 19.4 Å². The van der Waals surface area contributed by atoms with Crippen LogP contribution in [0.5, 0.6) is 17.2 Å². The molecule has 0 bridgehead atoms. The third-order valence-electron chi connectivity index (χ3n) is 2.30. The molecule has 0 saturated carbocycles. The van der Waals surface area contributed by atoms with Crippen LogP contribution in [0.1, 0.15) is 17.4 Å². The van der Waals surface area contributed by atoms with E-state index in [1.54, 1.807) is 24.3 Å². The Bertz CT molecular complexity index is 583. The Morgan fingerprint density at radius 1 is 1.21 bits per heavy atom. The first-order valence-electron chi connectivity index (χ1n) is 5.79. The van der Waals surface area contributed by atoms with Crippen molar-refractivity contribution in [1.82, 2.24) is 4.98 Å². The predicted molar refractivity (Wildman–Crippen MR) is 68.9 cm³/mol. The SMILES string of the molecule is CCOc1cccc(Oc2ccnc(C(=O)O)c2)c1. The highest BCUT2D eigenvalue weighted by Crippen LogP contribution is 2.25. The maximum atomic E-state index is 10.8. The van der Waals surface area contributed by atoms with Gasteiger partial charge in [-0.1, -0.05) is 6.07 Å². The van der Waals surface area contributed by atoms with Gasteiger partial charge in [-0.25, -0.2) is 9.78 Å². The first-order chi connectivity index (χ1) is 9.19. The van der Waals surface area contributed by atoms with Gasteiger partial charge in [0.05, 0.1) is 6.61 Å². The standard InChI is InChI=1S/C14H13NO4/c1-2-18-10-4-3-5-11(8-10)19-12-6-7-15-13(9-12)14(16)17/h3-9H,2H2,1H3,(H,16,17). The number of hydrogen-bond acceptors (Lipinski definition) is 4. The Balaban J connectivity index is 2.18. The molecule has 0 radical (unpaired) electrons. The third kappa shape index (κ3) is 3.45. The molecule has 0 spiro atoms. The van der Waals surface area contributed by atoms with Gasteiger partial charge >= 0.3 is 5.97 Å². The van der Waals surface area contributed by atoms with Crippen LogP contribution >= 0.6 is 0 Å². The summed E-state index contributed by atoms with van der Waals surface area (Å²) in [6.45, 7) is 2.47. The molecule has 5 nitrogen and oxygen atoms in total. The lowest BCUT2D eigenvalue weighted by molar-refractivity contribution is 0.0690. The molecule has 19 heavy (non-hydrogen) atoms. The second-order valence-electron chi connectivity index (χ2n) is 3.69. The molecule has 2 aromatic rings. The van der Waals surface area contributed by atoms with E-state index in [0.717, 1.165) is 0 Å². The molecule has 2 rings (SSSR count). The van der Waals surface area contributed by atoms with Crippen LogP contribution in [0.4, 0.5) is 0 Å². The highest BCUT2D eigenvalue weighted by atomic mass is 16.5. The van der Waals surface area contributed by atoms with Gasteiger partial charge in [0, 0.05) is 18.3 Å². The summed E-state index contributed by atoms with van der Waals surface area (Å²) in [4.78, 5) is 14.5. The Hall–Kier alpha value is -2.56. The van der Waals surface area contributed by atoms with Crippen molar-refractivity contribution in [2.24, 2.45) is 0 Å². The Morgan fingerprint density at radius 3 is 2.68 bits per heavy atom. The van der Waals surface area contributed by atoms with E-state index in [1.165, 1.54) is 12.3 Å². The number of benzene rings is 1. The zero-order chi connectivity index (χ0) is 13.7. The lowest BCUT2D eigenvalue weighted by Gasteiger charge is -2.08. The van der Waals surface area contributed by atoms with Gasteiger partial charge in [0.15, 0.2) is 5.69 Å². The first-order valence-corrected chi connectivity index (χ1v) is 5.79. The van der Waals surface area contributed by atoms with Gasteiger partial charge in [-0.15, -0.1) is 0 Å². The summed E-state index contributed by atoms with van der Waals surface area (Å²) in [6, 6.07) is 10.1. The van der Waals surface area contributed by atoms with Crippen molar-refractivity contribution in [2.45, 2.75) is 6.92 Å². The molecule has 1 aromatic carbocycles. The molecular formula is C14H13NO4. The lowest BCUT2D eigenvalue weighted by atomic mass is 10.3. The van der Waals surface area contributed by atoms with Crippen LogP contribution in [-0.4, -0.2) is 22.7 Å². The van der Waals surface area contributed by atoms with E-state index < -0.39 is 5.97 Å². The number of carboxylic acids is 1. The fourth-order valence-electron chi connectivity index (χ4n) is 1.52. The minimum Gasteiger partial charge on any atom is -0.494 e. The van der Waals surface area contributed by atoms with Gasteiger partial charge in [-0.05, 0) is 25.1 Å². The largest absolute Gasteiger partial charge is 0.494 e. The van der Waals surface area contributed by atoms with Crippen molar-refractivity contribution in [3.05, 3.63) is 48.3 Å². The molecule has 0 aliphatic carbocycles. The van der Waals surface area contributed by atoms with Crippen LogP contribution in [0.15, 0.2) is 42.6 Å². The molecule has 1 heterocycles. The molecule has 0 saturated heterocycles. The van der Waals surface area contributed by atoms with E-state index in [1.807, 2.05) is 13.0 Å². The minimum atomic E-state index is -1.09. The van der Waals surface area contributed by atoms with Crippen molar-refractivity contribution in [1.29, 1.82) is 0 Å². The zero-order valence-electron chi connectivity index (χ0n) is 10.4. The highest BCUT2D eigenvalue weighted by molar-refractivity contribution is 5.85. The summed E-state index contributed by atoms with van der Waals surface area (Å²) in [6.07, 6.45) is 1.39. The van der Waals surface area contributed by atoms with Crippen molar-refractivity contribution >= 4 is 5.97 Å². The number of ether oxygens (including phenoxy) is 2. The zero-order valence-corrected chi connectivity index (χ0v) is 10.4. The molecule has 0 aliphatic rings. The molecule has 0 unspecified atom stereocenters. The average molecular weight is 259 g/mol. The monoisotopic (exact) mass is 259 g/mol. The molecule has 98 valence electrons. The summed E-state index contributed by atoms with van der Waals surface area (Å²) in [7, 11) is 0. The topological polar surface area (TPSA) is 68.7 Å². The number of carbonyl (C=O) groups is 1. The molecule has 1 aromatic heterocycles. The van der Waals surface area contributed by atoms with Crippen LogP contribution in [0, 0.1) is 0 Å². The maximum absolute atomic E-state index is 10.8. The molecule has 1 N–H and O–H groups in total. The molecule has 0 amide bonds. The summed E-state index contributed by atoms with van der Waals surface area (Å²) >= 11 is 0. The number of nitrogens with zero attached hydrogens (tertiary/aromatic N) is 1. The number of aromatic nitrogens is 1.